The fourth-order valence-corrected chi connectivity index (χ4v) is 5.85. The SMILES string of the molecule is C=CC(=O)OC12CC3CC(CC(C3)C1C(C)(C)C)C2. The van der Waals surface area contributed by atoms with Gasteiger partial charge >= 0.3 is 5.97 Å². The second kappa shape index (κ2) is 4.10. The Labute approximate surface area is 116 Å². The number of hydrogen-bond donors (Lipinski definition) is 0. The summed E-state index contributed by atoms with van der Waals surface area (Å²) in [7, 11) is 0. The van der Waals surface area contributed by atoms with Crippen LogP contribution in [0.25, 0.3) is 0 Å². The molecule has 4 saturated carbocycles. The smallest absolute Gasteiger partial charge is 0.330 e. The predicted octanol–water partition coefficient (Wildman–Crippen LogP) is 3.96. The molecule has 4 aliphatic carbocycles. The summed E-state index contributed by atoms with van der Waals surface area (Å²) in [5.74, 6) is 2.61. The molecule has 4 aliphatic rings. The number of carbonyl (C=O) groups is 1. The second-order valence-electron chi connectivity index (χ2n) is 8.14. The van der Waals surface area contributed by atoms with Crippen LogP contribution in [0.15, 0.2) is 12.7 Å². The first-order chi connectivity index (χ1) is 8.84. The minimum Gasteiger partial charge on any atom is -0.456 e. The Balaban J connectivity index is 1.97. The summed E-state index contributed by atoms with van der Waals surface area (Å²) >= 11 is 0. The van der Waals surface area contributed by atoms with Crippen LogP contribution in [-0.2, 0) is 9.53 Å². The normalized spacial score (nSPS) is 44.2. The van der Waals surface area contributed by atoms with Crippen molar-refractivity contribution < 1.29 is 9.53 Å². The lowest BCUT2D eigenvalue weighted by atomic mass is 9.45. The lowest BCUT2D eigenvalue weighted by Crippen LogP contribution is -2.62. The van der Waals surface area contributed by atoms with E-state index in [1.54, 1.807) is 0 Å². The zero-order valence-corrected chi connectivity index (χ0v) is 12.4. The van der Waals surface area contributed by atoms with Gasteiger partial charge in [0.05, 0.1) is 0 Å². The number of rotatable bonds is 2. The molecule has 106 valence electrons. The lowest BCUT2D eigenvalue weighted by molar-refractivity contribution is -0.222. The summed E-state index contributed by atoms with van der Waals surface area (Å²) in [6, 6.07) is 0. The molecule has 2 nitrogen and oxygen atoms in total. The van der Waals surface area contributed by atoms with Crippen molar-refractivity contribution in [2.24, 2.45) is 29.1 Å². The van der Waals surface area contributed by atoms with Gasteiger partial charge in [0.25, 0.3) is 0 Å². The Morgan fingerprint density at radius 2 is 1.79 bits per heavy atom. The molecule has 0 spiro atoms. The molecule has 0 heterocycles. The standard InChI is InChI=1S/C17H26O2/c1-5-14(18)19-17-9-11-6-12(10-17)8-13(7-11)15(17)16(2,3)4/h5,11-13,15H,1,6-10H2,2-4H3. The molecule has 0 amide bonds. The van der Waals surface area contributed by atoms with Crippen molar-refractivity contribution in [1.82, 2.24) is 0 Å². The fraction of sp³-hybridized carbons (Fsp3) is 0.824. The van der Waals surface area contributed by atoms with Gasteiger partial charge in [-0.1, -0.05) is 27.4 Å². The van der Waals surface area contributed by atoms with Crippen LogP contribution >= 0.6 is 0 Å². The van der Waals surface area contributed by atoms with Crippen LogP contribution in [-0.4, -0.2) is 11.6 Å². The van der Waals surface area contributed by atoms with E-state index in [9.17, 15) is 4.79 Å². The van der Waals surface area contributed by atoms with Crippen molar-refractivity contribution in [3.63, 3.8) is 0 Å². The van der Waals surface area contributed by atoms with E-state index in [4.69, 9.17) is 4.74 Å². The average Bonchev–Trinajstić information content (AvgIpc) is 2.24. The molecule has 0 aliphatic heterocycles. The monoisotopic (exact) mass is 262 g/mol. The highest BCUT2D eigenvalue weighted by Crippen LogP contribution is 2.63. The van der Waals surface area contributed by atoms with Crippen LogP contribution in [0.5, 0.6) is 0 Å². The Bertz CT molecular complexity index is 390. The van der Waals surface area contributed by atoms with Gasteiger partial charge in [-0.3, -0.25) is 0 Å². The molecule has 0 aromatic rings. The Morgan fingerprint density at radius 3 is 2.26 bits per heavy atom. The van der Waals surface area contributed by atoms with Gasteiger partial charge in [-0.05, 0) is 55.3 Å². The largest absolute Gasteiger partial charge is 0.456 e. The van der Waals surface area contributed by atoms with E-state index in [0.29, 0.717) is 5.92 Å². The van der Waals surface area contributed by atoms with Crippen LogP contribution in [0.1, 0.15) is 52.9 Å². The van der Waals surface area contributed by atoms with Crippen LogP contribution in [0.3, 0.4) is 0 Å². The number of esters is 1. The van der Waals surface area contributed by atoms with Crippen LogP contribution in [0, 0.1) is 29.1 Å². The van der Waals surface area contributed by atoms with E-state index in [1.807, 2.05) is 0 Å². The molecule has 0 saturated heterocycles. The zero-order chi connectivity index (χ0) is 13.8. The molecule has 0 aromatic carbocycles. The number of carbonyl (C=O) groups excluding carboxylic acids is 1. The van der Waals surface area contributed by atoms with Gasteiger partial charge in [-0.25, -0.2) is 4.79 Å². The summed E-state index contributed by atoms with van der Waals surface area (Å²) in [6.45, 7) is 10.5. The van der Waals surface area contributed by atoms with E-state index in [-0.39, 0.29) is 17.0 Å². The summed E-state index contributed by atoms with van der Waals surface area (Å²) in [6.07, 6.45) is 7.57. The molecule has 19 heavy (non-hydrogen) atoms. The van der Waals surface area contributed by atoms with Crippen molar-refractivity contribution in [3.05, 3.63) is 12.7 Å². The van der Waals surface area contributed by atoms with Gasteiger partial charge in [0.15, 0.2) is 0 Å². The minimum absolute atomic E-state index is 0.196. The first-order valence-corrected chi connectivity index (χ1v) is 7.69. The van der Waals surface area contributed by atoms with Gasteiger partial charge < -0.3 is 4.74 Å². The molecule has 4 rings (SSSR count). The van der Waals surface area contributed by atoms with Gasteiger partial charge in [0, 0.05) is 12.0 Å². The summed E-state index contributed by atoms with van der Waals surface area (Å²) in [4.78, 5) is 11.8. The maximum atomic E-state index is 11.8. The molecule has 3 atom stereocenters. The predicted molar refractivity (Wildman–Crippen MR) is 75.5 cm³/mol. The number of hydrogen-bond acceptors (Lipinski definition) is 2. The summed E-state index contributed by atoms with van der Waals surface area (Å²) < 4.78 is 5.98. The van der Waals surface area contributed by atoms with Crippen LogP contribution in [0.4, 0.5) is 0 Å². The number of ether oxygens (including phenoxy) is 1. The Kier molecular flexibility index (Phi) is 2.85. The average molecular weight is 262 g/mol. The van der Waals surface area contributed by atoms with Crippen molar-refractivity contribution in [2.75, 3.05) is 0 Å². The van der Waals surface area contributed by atoms with Crippen molar-refractivity contribution >= 4 is 5.97 Å². The first kappa shape index (κ1) is 13.2. The minimum atomic E-state index is -0.226. The van der Waals surface area contributed by atoms with Crippen molar-refractivity contribution in [3.8, 4) is 0 Å². The third-order valence-electron chi connectivity index (χ3n) is 5.65. The van der Waals surface area contributed by atoms with E-state index < -0.39 is 0 Å². The van der Waals surface area contributed by atoms with Crippen molar-refractivity contribution in [1.29, 1.82) is 0 Å². The van der Waals surface area contributed by atoms with E-state index in [2.05, 4.69) is 27.4 Å². The third kappa shape index (κ3) is 2.04. The van der Waals surface area contributed by atoms with Gasteiger partial charge in [0.2, 0.25) is 0 Å². The van der Waals surface area contributed by atoms with Crippen molar-refractivity contribution in [2.45, 2.75) is 58.5 Å². The van der Waals surface area contributed by atoms with Crippen LogP contribution < -0.4 is 0 Å². The lowest BCUT2D eigenvalue weighted by Gasteiger charge is -2.63. The highest BCUT2D eigenvalue weighted by atomic mass is 16.6. The molecule has 0 radical (unpaired) electrons. The topological polar surface area (TPSA) is 26.3 Å². The quantitative estimate of drug-likeness (QED) is 0.556. The molecular weight excluding hydrogens is 236 g/mol. The van der Waals surface area contributed by atoms with E-state index in [0.717, 1.165) is 30.6 Å². The van der Waals surface area contributed by atoms with E-state index >= 15 is 0 Å². The summed E-state index contributed by atoms with van der Waals surface area (Å²) in [5.41, 5.74) is 0.0116. The molecule has 3 unspecified atom stereocenters. The summed E-state index contributed by atoms with van der Waals surface area (Å²) in [5, 5.41) is 0. The maximum absolute atomic E-state index is 11.8. The molecule has 0 N–H and O–H groups in total. The van der Waals surface area contributed by atoms with E-state index in [1.165, 1.54) is 25.3 Å². The van der Waals surface area contributed by atoms with Gasteiger partial charge in [-0.2, -0.15) is 0 Å². The highest BCUT2D eigenvalue weighted by molar-refractivity contribution is 5.81. The molecule has 2 heteroatoms. The van der Waals surface area contributed by atoms with Gasteiger partial charge in [0.1, 0.15) is 5.60 Å². The fourth-order valence-electron chi connectivity index (χ4n) is 5.85. The third-order valence-corrected chi connectivity index (χ3v) is 5.65. The molecule has 4 fully saturated rings. The maximum Gasteiger partial charge on any atom is 0.330 e. The van der Waals surface area contributed by atoms with Gasteiger partial charge in [-0.15, -0.1) is 0 Å². The Hall–Kier alpha value is -0.790. The second-order valence-corrected chi connectivity index (χ2v) is 8.14. The highest BCUT2D eigenvalue weighted by Gasteiger charge is 2.61. The zero-order valence-electron chi connectivity index (χ0n) is 12.4. The van der Waals surface area contributed by atoms with Crippen LogP contribution in [0.2, 0.25) is 0 Å². The first-order valence-electron chi connectivity index (χ1n) is 7.69. The molecular formula is C17H26O2. The Morgan fingerprint density at radius 1 is 1.21 bits per heavy atom. The molecule has 4 bridgehead atoms. The molecule has 0 aromatic heterocycles.